The number of ether oxygens (including phenoxy) is 4. The maximum Gasteiger partial charge on any atom is 0.348 e. The van der Waals surface area contributed by atoms with Crippen LogP contribution in [0.25, 0.3) is 0 Å². The molecule has 2 heterocycles. The number of esters is 3. The van der Waals surface area contributed by atoms with E-state index in [0.717, 1.165) is 7.11 Å². The lowest BCUT2D eigenvalue weighted by atomic mass is 9.38. The molecule has 10 atom stereocenters. The van der Waals surface area contributed by atoms with Gasteiger partial charge in [0.15, 0.2) is 11.5 Å². The van der Waals surface area contributed by atoms with Gasteiger partial charge in [-0.3, -0.25) is 9.59 Å². The lowest BCUT2D eigenvalue weighted by molar-refractivity contribution is -0.291. The van der Waals surface area contributed by atoms with E-state index in [-0.39, 0.29) is 37.0 Å². The Labute approximate surface area is 244 Å². The number of rotatable bonds is 6. The van der Waals surface area contributed by atoms with E-state index < -0.39 is 94.3 Å². The number of aliphatic hydroxyl groups is 4. The number of Topliss-reactive ketones (excluding diaryl/α,β-unsaturated/α-hetero) is 1. The Morgan fingerprint density at radius 3 is 2.31 bits per heavy atom. The third kappa shape index (κ3) is 3.67. The number of hydrogen-bond acceptors (Lipinski definition) is 12. The predicted molar refractivity (Wildman–Crippen MR) is 142 cm³/mol. The first-order valence-electron chi connectivity index (χ1n) is 14.6. The smallest absolute Gasteiger partial charge is 0.348 e. The molecule has 1 unspecified atom stereocenters. The Morgan fingerprint density at radius 1 is 1.12 bits per heavy atom. The summed E-state index contributed by atoms with van der Waals surface area (Å²) >= 11 is 0. The highest BCUT2D eigenvalue weighted by atomic mass is 16.6. The second-order valence-electron chi connectivity index (χ2n) is 13.8. The molecule has 0 aromatic carbocycles. The minimum absolute atomic E-state index is 0.142. The summed E-state index contributed by atoms with van der Waals surface area (Å²) in [6.45, 7) is 10.2. The first-order chi connectivity index (χ1) is 19.4. The molecule has 234 valence electrons. The fourth-order valence-corrected chi connectivity index (χ4v) is 9.35. The van der Waals surface area contributed by atoms with Crippen molar-refractivity contribution >= 4 is 23.7 Å². The molecule has 2 aliphatic heterocycles. The summed E-state index contributed by atoms with van der Waals surface area (Å²) in [5, 5.41) is 45.2. The molecule has 1 spiro atoms. The van der Waals surface area contributed by atoms with Gasteiger partial charge in [-0.25, -0.2) is 9.59 Å². The molecule has 12 nitrogen and oxygen atoms in total. The van der Waals surface area contributed by atoms with Crippen LogP contribution in [0, 0.1) is 40.4 Å². The summed E-state index contributed by atoms with van der Waals surface area (Å²) in [6.07, 6.45) is -6.74. The molecule has 0 aromatic heterocycles. The third-order valence-corrected chi connectivity index (χ3v) is 11.5. The third-order valence-electron chi connectivity index (χ3n) is 11.5. The Balaban J connectivity index is 1.66. The standard InChI is InChI=1S/C30H42O12/c1-12(2)29(38,13(3)4)10-18(32)42-21-23-28-11-40-30(23,26(37)39-7)24(35)20(34)22(28)27(6)9-16(31)19(33)14(5)15(27)8-17(28)41-25(21)36/h12-13,15,17,20-24,33-35,38H,8-11H2,1-7H3/t15-,17+,20+,21+,22+,23?,24-,27-,28+,30+/m0/s1. The molecule has 2 bridgehead atoms. The van der Waals surface area contributed by atoms with Crippen molar-refractivity contribution in [2.75, 3.05) is 13.7 Å². The molecule has 0 radical (unpaired) electrons. The van der Waals surface area contributed by atoms with E-state index in [4.69, 9.17) is 18.9 Å². The summed E-state index contributed by atoms with van der Waals surface area (Å²) < 4.78 is 22.9. The van der Waals surface area contributed by atoms with E-state index in [2.05, 4.69) is 0 Å². The first-order valence-corrected chi connectivity index (χ1v) is 14.6. The molecular weight excluding hydrogens is 552 g/mol. The van der Waals surface area contributed by atoms with Crippen LogP contribution in [0.4, 0.5) is 0 Å². The summed E-state index contributed by atoms with van der Waals surface area (Å²) in [4.78, 5) is 53.5. The van der Waals surface area contributed by atoms with Crippen LogP contribution in [0.1, 0.15) is 60.8 Å². The van der Waals surface area contributed by atoms with E-state index in [1.807, 2.05) is 0 Å². The summed E-state index contributed by atoms with van der Waals surface area (Å²) in [6, 6.07) is 0. The minimum atomic E-state index is -2.28. The van der Waals surface area contributed by atoms with Crippen molar-refractivity contribution in [3.8, 4) is 0 Å². The van der Waals surface area contributed by atoms with E-state index in [1.54, 1.807) is 41.5 Å². The van der Waals surface area contributed by atoms with Gasteiger partial charge in [0.1, 0.15) is 12.2 Å². The fourth-order valence-electron chi connectivity index (χ4n) is 9.35. The summed E-state index contributed by atoms with van der Waals surface area (Å²) in [5.74, 6) is -7.33. The molecule has 5 rings (SSSR count). The molecule has 0 amide bonds. The molecule has 0 aromatic rings. The fraction of sp³-hybridized carbons (Fsp3) is 0.800. The topological polar surface area (TPSA) is 186 Å². The second-order valence-corrected chi connectivity index (χ2v) is 13.8. The van der Waals surface area contributed by atoms with Crippen LogP contribution >= 0.6 is 0 Å². The maximum absolute atomic E-state index is 13.7. The molecule has 2 saturated heterocycles. The number of allylic oxidation sites excluding steroid dienone is 2. The van der Waals surface area contributed by atoms with Gasteiger partial charge in [0.05, 0.1) is 37.8 Å². The Kier molecular flexibility index (Phi) is 7.16. The van der Waals surface area contributed by atoms with Gasteiger partial charge in [0.25, 0.3) is 0 Å². The van der Waals surface area contributed by atoms with E-state index in [1.165, 1.54) is 0 Å². The number of carbonyl (C=O) groups excluding carboxylic acids is 4. The number of hydrogen-bond donors (Lipinski definition) is 4. The number of methoxy groups -OCH3 is 1. The zero-order chi connectivity index (χ0) is 31.3. The molecule has 12 heteroatoms. The Hall–Kier alpha value is -2.54. The Morgan fingerprint density at radius 2 is 1.74 bits per heavy atom. The zero-order valence-electron chi connectivity index (χ0n) is 25.1. The molecule has 4 N–H and O–H groups in total. The van der Waals surface area contributed by atoms with E-state index in [0.29, 0.717) is 5.57 Å². The molecule has 4 fully saturated rings. The van der Waals surface area contributed by atoms with Gasteiger partial charge in [-0.15, -0.1) is 0 Å². The normalized spacial score (nSPS) is 42.7. The number of fused-ring (bicyclic) bond motifs is 2. The van der Waals surface area contributed by atoms with Gasteiger partial charge >= 0.3 is 17.9 Å². The van der Waals surface area contributed by atoms with Crippen molar-refractivity contribution in [1.82, 2.24) is 0 Å². The van der Waals surface area contributed by atoms with Gasteiger partial charge in [-0.1, -0.05) is 34.6 Å². The predicted octanol–water partition coefficient (Wildman–Crippen LogP) is 0.984. The van der Waals surface area contributed by atoms with Gasteiger partial charge < -0.3 is 39.4 Å². The first kappa shape index (κ1) is 30.9. The second kappa shape index (κ2) is 9.73. The summed E-state index contributed by atoms with van der Waals surface area (Å²) in [5.41, 5.74) is -5.77. The van der Waals surface area contributed by atoms with Crippen LogP contribution < -0.4 is 0 Å². The SMILES string of the molecule is COC(=O)[C@@]12OC[C@@]34C1[C@@H](OC(=O)CC(O)(C(C)C)C(C)C)C(=O)O[C@@H]3C[C@H]1C(C)=C(O)C(=O)C[C@]1(C)[C@H]4[C@@H](O)[C@@H]2O. The van der Waals surface area contributed by atoms with Crippen LogP contribution in [0.3, 0.4) is 0 Å². The van der Waals surface area contributed by atoms with Crippen molar-refractivity contribution in [3.05, 3.63) is 11.3 Å². The van der Waals surface area contributed by atoms with Crippen LogP contribution in [0.15, 0.2) is 11.3 Å². The lowest BCUT2D eigenvalue weighted by Gasteiger charge is -2.67. The number of ketones is 1. The highest BCUT2D eigenvalue weighted by Crippen LogP contribution is 2.72. The lowest BCUT2D eigenvalue weighted by Crippen LogP contribution is -2.79. The monoisotopic (exact) mass is 594 g/mol. The zero-order valence-corrected chi connectivity index (χ0v) is 25.1. The van der Waals surface area contributed by atoms with Crippen molar-refractivity contribution in [1.29, 1.82) is 0 Å². The van der Waals surface area contributed by atoms with Gasteiger partial charge in [0, 0.05) is 17.8 Å². The molecule has 2 saturated carbocycles. The average molecular weight is 595 g/mol. The maximum atomic E-state index is 13.7. The van der Waals surface area contributed by atoms with Gasteiger partial charge in [0.2, 0.25) is 11.7 Å². The highest BCUT2D eigenvalue weighted by Gasteiger charge is 2.85. The van der Waals surface area contributed by atoms with Crippen molar-refractivity contribution in [3.63, 3.8) is 0 Å². The summed E-state index contributed by atoms with van der Waals surface area (Å²) in [7, 11) is 1.08. The van der Waals surface area contributed by atoms with Crippen molar-refractivity contribution < 1.29 is 58.6 Å². The van der Waals surface area contributed by atoms with Crippen molar-refractivity contribution in [2.24, 2.45) is 40.4 Å². The Bertz CT molecular complexity index is 1230. The quantitative estimate of drug-likeness (QED) is 0.253. The molecular formula is C30H42O12. The molecule has 3 aliphatic carbocycles. The largest absolute Gasteiger partial charge is 0.504 e. The molecule has 42 heavy (non-hydrogen) atoms. The highest BCUT2D eigenvalue weighted by molar-refractivity contribution is 5.95. The minimum Gasteiger partial charge on any atom is -0.504 e. The van der Waals surface area contributed by atoms with Gasteiger partial charge in [-0.2, -0.15) is 0 Å². The van der Waals surface area contributed by atoms with Gasteiger partial charge in [-0.05, 0) is 42.1 Å². The van der Waals surface area contributed by atoms with Crippen LogP contribution in [0.5, 0.6) is 0 Å². The van der Waals surface area contributed by atoms with E-state index in [9.17, 15) is 39.6 Å². The number of carbonyl (C=O) groups is 4. The van der Waals surface area contributed by atoms with Crippen LogP contribution in [-0.2, 0) is 38.1 Å². The van der Waals surface area contributed by atoms with Crippen LogP contribution in [-0.4, -0.2) is 93.5 Å². The number of aliphatic hydroxyl groups excluding tert-OH is 3. The van der Waals surface area contributed by atoms with E-state index >= 15 is 0 Å². The van der Waals surface area contributed by atoms with Crippen molar-refractivity contribution in [2.45, 2.75) is 96.4 Å². The average Bonchev–Trinajstić information content (AvgIpc) is 3.22. The van der Waals surface area contributed by atoms with Crippen LogP contribution in [0.2, 0.25) is 0 Å². The molecule has 5 aliphatic rings.